The van der Waals surface area contributed by atoms with Crippen molar-refractivity contribution >= 4 is 38.5 Å². The Morgan fingerprint density at radius 2 is 1.61 bits per heavy atom. The number of halogens is 1. The normalized spacial score (nSPS) is 14.6. The molecule has 0 bridgehead atoms. The van der Waals surface area contributed by atoms with Gasteiger partial charge in [-0.15, -0.1) is 0 Å². The maximum atomic E-state index is 5.57. The van der Waals surface area contributed by atoms with Crippen molar-refractivity contribution in [3.63, 3.8) is 0 Å². The Labute approximate surface area is 189 Å². The summed E-state index contributed by atoms with van der Waals surface area (Å²) in [6.07, 6.45) is 4.53. The molecule has 1 fully saturated rings. The number of hydrogen-bond acceptors (Lipinski definition) is 6. The minimum Gasteiger partial charge on any atom is -0.495 e. The molecule has 0 aliphatic carbocycles. The number of aromatic nitrogens is 4. The molecule has 0 unspecified atom stereocenters. The molecule has 8 heteroatoms. The van der Waals surface area contributed by atoms with Gasteiger partial charge in [-0.25, -0.2) is 14.6 Å². The van der Waals surface area contributed by atoms with Crippen molar-refractivity contribution in [2.75, 3.05) is 43.1 Å². The molecule has 7 nitrogen and oxygen atoms in total. The van der Waals surface area contributed by atoms with E-state index < -0.39 is 0 Å². The van der Waals surface area contributed by atoms with Crippen LogP contribution in [-0.4, -0.2) is 53.0 Å². The summed E-state index contributed by atoms with van der Waals surface area (Å²) in [6.45, 7) is 3.66. The van der Waals surface area contributed by atoms with E-state index >= 15 is 0 Å². The molecule has 4 aromatic rings. The minimum atomic E-state index is 0.808. The van der Waals surface area contributed by atoms with Crippen LogP contribution in [0.5, 0.6) is 5.75 Å². The number of ether oxygens (including phenoxy) is 1. The Morgan fingerprint density at radius 1 is 0.871 bits per heavy atom. The predicted molar refractivity (Wildman–Crippen MR) is 126 cm³/mol. The van der Waals surface area contributed by atoms with Crippen molar-refractivity contribution < 1.29 is 4.74 Å². The van der Waals surface area contributed by atoms with Crippen LogP contribution in [0.25, 0.3) is 16.7 Å². The van der Waals surface area contributed by atoms with Gasteiger partial charge in [0.15, 0.2) is 5.65 Å². The van der Waals surface area contributed by atoms with Crippen molar-refractivity contribution in [3.8, 4) is 11.4 Å². The van der Waals surface area contributed by atoms with E-state index in [1.807, 2.05) is 47.3 Å². The molecule has 158 valence electrons. The van der Waals surface area contributed by atoms with Crippen molar-refractivity contribution in [3.05, 3.63) is 65.5 Å². The monoisotopic (exact) mass is 478 g/mol. The first-order valence-electron chi connectivity index (χ1n) is 10.3. The van der Waals surface area contributed by atoms with Gasteiger partial charge < -0.3 is 14.5 Å². The lowest BCUT2D eigenvalue weighted by molar-refractivity contribution is 0.414. The average molecular weight is 479 g/mol. The van der Waals surface area contributed by atoms with Crippen LogP contribution in [0, 0.1) is 0 Å². The maximum Gasteiger partial charge on any atom is 0.168 e. The van der Waals surface area contributed by atoms with Crippen molar-refractivity contribution in [1.29, 1.82) is 0 Å². The third-order valence-corrected chi connectivity index (χ3v) is 6.32. The Bertz CT molecular complexity index is 1210. The SMILES string of the molecule is COc1ccccc1N1CCCN(c2ncnc3c2cnn3-c2ccccc2Br)CC1. The van der Waals surface area contributed by atoms with Crippen molar-refractivity contribution in [2.45, 2.75) is 6.42 Å². The van der Waals surface area contributed by atoms with Gasteiger partial charge in [0, 0.05) is 30.7 Å². The van der Waals surface area contributed by atoms with Gasteiger partial charge in [-0.05, 0) is 46.6 Å². The predicted octanol–water partition coefficient (Wildman–Crippen LogP) is 4.30. The summed E-state index contributed by atoms with van der Waals surface area (Å²) < 4.78 is 8.41. The molecule has 1 aliphatic heterocycles. The number of nitrogens with zero attached hydrogens (tertiary/aromatic N) is 6. The molecule has 2 aromatic heterocycles. The molecular formula is C23H23BrN6O. The number of anilines is 2. The van der Waals surface area contributed by atoms with E-state index in [4.69, 9.17) is 4.74 Å². The fraction of sp³-hybridized carbons (Fsp3) is 0.261. The number of rotatable bonds is 4. The number of benzene rings is 2. The lowest BCUT2D eigenvalue weighted by Gasteiger charge is -2.25. The summed E-state index contributed by atoms with van der Waals surface area (Å²) >= 11 is 3.62. The second kappa shape index (κ2) is 8.55. The van der Waals surface area contributed by atoms with E-state index in [0.717, 1.165) is 71.0 Å². The van der Waals surface area contributed by atoms with Crippen LogP contribution < -0.4 is 14.5 Å². The topological polar surface area (TPSA) is 59.3 Å². The summed E-state index contributed by atoms with van der Waals surface area (Å²) in [5, 5.41) is 5.58. The van der Waals surface area contributed by atoms with Crippen LogP contribution in [0.1, 0.15) is 6.42 Å². The molecular weight excluding hydrogens is 456 g/mol. The van der Waals surface area contributed by atoms with Gasteiger partial charge in [-0.2, -0.15) is 5.10 Å². The molecule has 0 spiro atoms. The fourth-order valence-corrected chi connectivity index (χ4v) is 4.60. The van der Waals surface area contributed by atoms with Crippen LogP contribution in [0.2, 0.25) is 0 Å². The van der Waals surface area contributed by atoms with Gasteiger partial charge in [-0.3, -0.25) is 0 Å². The van der Waals surface area contributed by atoms with Crippen LogP contribution in [-0.2, 0) is 0 Å². The highest BCUT2D eigenvalue weighted by Gasteiger charge is 2.21. The van der Waals surface area contributed by atoms with Crippen LogP contribution >= 0.6 is 15.9 Å². The van der Waals surface area contributed by atoms with Crippen LogP contribution in [0.3, 0.4) is 0 Å². The lowest BCUT2D eigenvalue weighted by atomic mass is 10.2. The molecule has 1 aliphatic rings. The zero-order valence-corrected chi connectivity index (χ0v) is 18.9. The van der Waals surface area contributed by atoms with Crippen molar-refractivity contribution in [1.82, 2.24) is 19.7 Å². The molecule has 2 aromatic carbocycles. The minimum absolute atomic E-state index is 0.808. The molecule has 0 N–H and O–H groups in total. The number of methoxy groups -OCH3 is 1. The molecule has 3 heterocycles. The average Bonchev–Trinajstić information content (AvgIpc) is 3.09. The Morgan fingerprint density at radius 3 is 2.45 bits per heavy atom. The molecule has 0 atom stereocenters. The van der Waals surface area contributed by atoms with Gasteiger partial charge in [-0.1, -0.05) is 24.3 Å². The van der Waals surface area contributed by atoms with Gasteiger partial charge in [0.25, 0.3) is 0 Å². The molecule has 0 radical (unpaired) electrons. The zero-order chi connectivity index (χ0) is 21.2. The van der Waals surface area contributed by atoms with E-state index in [2.05, 4.69) is 52.9 Å². The highest BCUT2D eigenvalue weighted by molar-refractivity contribution is 9.10. The third kappa shape index (κ3) is 3.72. The summed E-state index contributed by atoms with van der Waals surface area (Å²) in [5.41, 5.74) is 2.91. The molecule has 0 amide bonds. The second-order valence-electron chi connectivity index (χ2n) is 7.44. The highest BCUT2D eigenvalue weighted by Crippen LogP contribution is 2.31. The largest absolute Gasteiger partial charge is 0.495 e. The Balaban J connectivity index is 1.45. The number of para-hydroxylation sites is 3. The zero-order valence-electron chi connectivity index (χ0n) is 17.3. The van der Waals surface area contributed by atoms with E-state index in [1.165, 1.54) is 0 Å². The Hall–Kier alpha value is -3.13. The van der Waals surface area contributed by atoms with Gasteiger partial charge in [0.2, 0.25) is 0 Å². The lowest BCUT2D eigenvalue weighted by Crippen LogP contribution is -2.31. The van der Waals surface area contributed by atoms with Crippen molar-refractivity contribution in [2.24, 2.45) is 0 Å². The molecule has 31 heavy (non-hydrogen) atoms. The van der Waals surface area contributed by atoms with E-state index in [9.17, 15) is 0 Å². The third-order valence-electron chi connectivity index (χ3n) is 5.65. The first-order chi connectivity index (χ1) is 15.3. The van der Waals surface area contributed by atoms with Gasteiger partial charge in [0.05, 0.1) is 30.1 Å². The number of fused-ring (bicyclic) bond motifs is 1. The van der Waals surface area contributed by atoms with Crippen LogP contribution in [0.15, 0.2) is 65.5 Å². The smallest absolute Gasteiger partial charge is 0.168 e. The quantitative estimate of drug-likeness (QED) is 0.435. The first kappa shape index (κ1) is 19.8. The summed E-state index contributed by atoms with van der Waals surface area (Å²) in [6, 6.07) is 16.2. The Kier molecular flexibility index (Phi) is 5.46. The standard InChI is InChI=1S/C23H23BrN6O/c1-31-21-10-5-4-9-20(21)28-11-6-12-29(14-13-28)22-17-15-27-30(23(17)26-16-25-22)19-8-3-2-7-18(19)24/h2-5,7-10,15-16H,6,11-14H2,1H3. The fourth-order valence-electron chi connectivity index (χ4n) is 4.14. The second-order valence-corrected chi connectivity index (χ2v) is 8.30. The van der Waals surface area contributed by atoms with E-state index in [1.54, 1.807) is 13.4 Å². The summed E-state index contributed by atoms with van der Waals surface area (Å²) in [5.74, 6) is 1.85. The molecule has 5 rings (SSSR count). The van der Waals surface area contributed by atoms with E-state index in [-0.39, 0.29) is 0 Å². The first-order valence-corrected chi connectivity index (χ1v) is 11.1. The summed E-state index contributed by atoms with van der Waals surface area (Å²) in [4.78, 5) is 13.9. The summed E-state index contributed by atoms with van der Waals surface area (Å²) in [7, 11) is 1.73. The molecule has 0 saturated carbocycles. The van der Waals surface area contributed by atoms with Crippen LogP contribution in [0.4, 0.5) is 11.5 Å². The van der Waals surface area contributed by atoms with E-state index in [0.29, 0.717) is 0 Å². The van der Waals surface area contributed by atoms with Gasteiger partial charge >= 0.3 is 0 Å². The van der Waals surface area contributed by atoms with Gasteiger partial charge in [0.1, 0.15) is 17.9 Å². The number of hydrogen-bond donors (Lipinski definition) is 0. The highest BCUT2D eigenvalue weighted by atomic mass is 79.9. The maximum absolute atomic E-state index is 5.57. The molecule has 1 saturated heterocycles.